The van der Waals surface area contributed by atoms with Crippen LogP contribution >= 0.6 is 0 Å². The van der Waals surface area contributed by atoms with Crippen LogP contribution in [-0.4, -0.2) is 18.6 Å². The Kier molecular flexibility index (Phi) is 4.36. The molecule has 0 radical (unpaired) electrons. The largest absolute Gasteiger partial charge is 0.462 e. The molecule has 2 rings (SSSR count). The zero-order chi connectivity index (χ0) is 14.8. The minimum Gasteiger partial charge on any atom is -0.462 e. The third-order valence-electron chi connectivity index (χ3n) is 4.10. The molecule has 1 aliphatic carbocycles. The first kappa shape index (κ1) is 14.9. The van der Waals surface area contributed by atoms with E-state index in [-0.39, 0.29) is 5.97 Å². The Hall–Kier alpha value is -1.51. The fourth-order valence-corrected chi connectivity index (χ4v) is 3.28. The highest BCUT2D eigenvalue weighted by molar-refractivity contribution is 5.95. The highest BCUT2D eigenvalue weighted by Gasteiger charge is 2.36. The molecule has 0 aliphatic heterocycles. The van der Waals surface area contributed by atoms with Gasteiger partial charge < -0.3 is 10.1 Å². The Morgan fingerprint density at radius 3 is 2.65 bits per heavy atom. The second kappa shape index (κ2) is 5.86. The SMILES string of the molecule is CCOC(=O)c1ccccc1NC1CC(C)(C)CC1C. The van der Waals surface area contributed by atoms with Crippen molar-refractivity contribution in [2.24, 2.45) is 11.3 Å². The molecule has 0 amide bonds. The van der Waals surface area contributed by atoms with Crippen molar-refractivity contribution in [3.05, 3.63) is 29.8 Å². The molecule has 2 unspecified atom stereocenters. The van der Waals surface area contributed by atoms with Crippen molar-refractivity contribution < 1.29 is 9.53 Å². The summed E-state index contributed by atoms with van der Waals surface area (Å²) >= 11 is 0. The van der Waals surface area contributed by atoms with E-state index >= 15 is 0 Å². The van der Waals surface area contributed by atoms with E-state index in [0.717, 1.165) is 12.1 Å². The molecule has 1 fully saturated rings. The van der Waals surface area contributed by atoms with Crippen LogP contribution in [0.5, 0.6) is 0 Å². The zero-order valence-corrected chi connectivity index (χ0v) is 12.9. The van der Waals surface area contributed by atoms with Gasteiger partial charge in [-0.15, -0.1) is 0 Å². The standard InChI is InChI=1S/C17H25NO2/c1-5-20-16(19)13-8-6-7-9-14(13)18-15-11-17(3,4)10-12(15)2/h6-9,12,15,18H,5,10-11H2,1-4H3. The van der Waals surface area contributed by atoms with Crippen molar-refractivity contribution in [3.8, 4) is 0 Å². The Morgan fingerprint density at radius 2 is 2.05 bits per heavy atom. The minimum atomic E-state index is -0.250. The summed E-state index contributed by atoms with van der Waals surface area (Å²) in [6.45, 7) is 9.12. The summed E-state index contributed by atoms with van der Waals surface area (Å²) in [4.78, 5) is 12.0. The maximum Gasteiger partial charge on any atom is 0.340 e. The van der Waals surface area contributed by atoms with Crippen LogP contribution in [0.15, 0.2) is 24.3 Å². The topological polar surface area (TPSA) is 38.3 Å². The first-order valence-corrected chi connectivity index (χ1v) is 7.45. The van der Waals surface area contributed by atoms with E-state index in [1.165, 1.54) is 6.42 Å². The van der Waals surface area contributed by atoms with E-state index in [4.69, 9.17) is 4.74 Å². The summed E-state index contributed by atoms with van der Waals surface area (Å²) in [7, 11) is 0. The number of hydrogen-bond acceptors (Lipinski definition) is 3. The molecule has 0 spiro atoms. The number of benzene rings is 1. The van der Waals surface area contributed by atoms with Gasteiger partial charge in [-0.1, -0.05) is 32.9 Å². The summed E-state index contributed by atoms with van der Waals surface area (Å²) in [6.07, 6.45) is 2.34. The molecule has 3 nitrogen and oxygen atoms in total. The number of para-hydroxylation sites is 1. The van der Waals surface area contributed by atoms with Gasteiger partial charge in [0.25, 0.3) is 0 Å². The van der Waals surface area contributed by atoms with E-state index in [0.29, 0.717) is 29.5 Å². The van der Waals surface area contributed by atoms with Crippen LogP contribution in [0.1, 0.15) is 50.9 Å². The van der Waals surface area contributed by atoms with E-state index in [9.17, 15) is 4.79 Å². The lowest BCUT2D eigenvalue weighted by atomic mass is 9.91. The number of nitrogens with one attached hydrogen (secondary N) is 1. The van der Waals surface area contributed by atoms with Gasteiger partial charge in [-0.25, -0.2) is 4.79 Å². The lowest BCUT2D eigenvalue weighted by molar-refractivity contribution is 0.0527. The van der Waals surface area contributed by atoms with Gasteiger partial charge in [0.1, 0.15) is 0 Å². The average Bonchev–Trinajstić information content (AvgIpc) is 2.63. The third kappa shape index (κ3) is 3.33. The van der Waals surface area contributed by atoms with Crippen LogP contribution in [0, 0.1) is 11.3 Å². The normalized spacial score (nSPS) is 24.4. The van der Waals surface area contributed by atoms with Gasteiger partial charge in [0.15, 0.2) is 0 Å². The van der Waals surface area contributed by atoms with Crippen LogP contribution in [0.4, 0.5) is 5.69 Å². The first-order valence-electron chi connectivity index (χ1n) is 7.45. The van der Waals surface area contributed by atoms with Gasteiger partial charge in [0.05, 0.1) is 12.2 Å². The lowest BCUT2D eigenvalue weighted by Crippen LogP contribution is -2.24. The molecule has 0 saturated heterocycles. The molecule has 1 aliphatic rings. The van der Waals surface area contributed by atoms with Gasteiger partial charge in [-0.3, -0.25) is 0 Å². The maximum absolute atomic E-state index is 12.0. The number of carbonyl (C=O) groups excluding carboxylic acids is 1. The molecule has 110 valence electrons. The molecule has 1 N–H and O–H groups in total. The smallest absolute Gasteiger partial charge is 0.340 e. The van der Waals surface area contributed by atoms with Gasteiger partial charge in [0.2, 0.25) is 0 Å². The van der Waals surface area contributed by atoms with Crippen LogP contribution < -0.4 is 5.32 Å². The molecule has 1 aromatic rings. The predicted octanol–water partition coefficient (Wildman–Crippen LogP) is 4.10. The molecular formula is C17H25NO2. The van der Waals surface area contributed by atoms with Crippen LogP contribution in [0.25, 0.3) is 0 Å². The Labute approximate surface area is 121 Å². The molecule has 0 aromatic heterocycles. The molecule has 20 heavy (non-hydrogen) atoms. The molecule has 0 heterocycles. The number of hydrogen-bond donors (Lipinski definition) is 1. The third-order valence-corrected chi connectivity index (χ3v) is 4.10. The number of carbonyl (C=O) groups is 1. The Bertz CT molecular complexity index is 482. The molecular weight excluding hydrogens is 250 g/mol. The second-order valence-electron chi connectivity index (χ2n) is 6.57. The number of rotatable bonds is 4. The summed E-state index contributed by atoms with van der Waals surface area (Å²) in [5.74, 6) is 0.362. The average molecular weight is 275 g/mol. The highest BCUT2D eigenvalue weighted by atomic mass is 16.5. The van der Waals surface area contributed by atoms with Crippen molar-refractivity contribution in [2.45, 2.75) is 46.6 Å². The van der Waals surface area contributed by atoms with E-state index < -0.39 is 0 Å². The van der Waals surface area contributed by atoms with Gasteiger partial charge in [0, 0.05) is 11.7 Å². The summed E-state index contributed by atoms with van der Waals surface area (Å²) < 4.78 is 5.12. The summed E-state index contributed by atoms with van der Waals surface area (Å²) in [5.41, 5.74) is 1.89. The Balaban J connectivity index is 2.16. The molecule has 1 saturated carbocycles. The van der Waals surface area contributed by atoms with Crippen molar-refractivity contribution in [2.75, 3.05) is 11.9 Å². The highest BCUT2D eigenvalue weighted by Crippen LogP contribution is 2.42. The lowest BCUT2D eigenvalue weighted by Gasteiger charge is -2.21. The maximum atomic E-state index is 12.0. The van der Waals surface area contributed by atoms with Crippen LogP contribution in [0.3, 0.4) is 0 Å². The van der Waals surface area contributed by atoms with Gasteiger partial charge >= 0.3 is 5.97 Å². The second-order valence-corrected chi connectivity index (χ2v) is 6.57. The zero-order valence-electron chi connectivity index (χ0n) is 12.9. The number of anilines is 1. The van der Waals surface area contributed by atoms with E-state index in [1.807, 2.05) is 31.2 Å². The predicted molar refractivity (Wildman–Crippen MR) is 82.0 cm³/mol. The van der Waals surface area contributed by atoms with Gasteiger partial charge in [-0.05, 0) is 43.2 Å². The van der Waals surface area contributed by atoms with Crippen LogP contribution in [0.2, 0.25) is 0 Å². The molecule has 2 atom stereocenters. The monoisotopic (exact) mass is 275 g/mol. The van der Waals surface area contributed by atoms with Gasteiger partial charge in [-0.2, -0.15) is 0 Å². The fourth-order valence-electron chi connectivity index (χ4n) is 3.28. The minimum absolute atomic E-state index is 0.250. The number of ether oxygens (including phenoxy) is 1. The summed E-state index contributed by atoms with van der Waals surface area (Å²) in [6, 6.07) is 8.03. The molecule has 0 bridgehead atoms. The quantitative estimate of drug-likeness (QED) is 0.841. The van der Waals surface area contributed by atoms with E-state index in [2.05, 4.69) is 26.1 Å². The molecule has 1 aromatic carbocycles. The van der Waals surface area contributed by atoms with Crippen molar-refractivity contribution in [1.29, 1.82) is 0 Å². The van der Waals surface area contributed by atoms with E-state index in [1.54, 1.807) is 0 Å². The van der Waals surface area contributed by atoms with Crippen molar-refractivity contribution in [3.63, 3.8) is 0 Å². The summed E-state index contributed by atoms with van der Waals surface area (Å²) in [5, 5.41) is 3.55. The molecule has 3 heteroatoms. The van der Waals surface area contributed by atoms with Crippen molar-refractivity contribution >= 4 is 11.7 Å². The Morgan fingerprint density at radius 1 is 1.35 bits per heavy atom. The number of esters is 1. The van der Waals surface area contributed by atoms with Crippen LogP contribution in [-0.2, 0) is 4.74 Å². The first-order chi connectivity index (χ1) is 9.43. The van der Waals surface area contributed by atoms with Crippen molar-refractivity contribution in [1.82, 2.24) is 0 Å². The fraction of sp³-hybridized carbons (Fsp3) is 0.588.